The van der Waals surface area contributed by atoms with Crippen molar-refractivity contribution >= 4 is 44.5 Å². The van der Waals surface area contributed by atoms with Crippen LogP contribution in [0.4, 0.5) is 5.69 Å². The van der Waals surface area contributed by atoms with Gasteiger partial charge in [-0.1, -0.05) is 34.1 Å². The van der Waals surface area contributed by atoms with Gasteiger partial charge >= 0.3 is 0 Å². The minimum absolute atomic E-state index is 0.234. The SMILES string of the molecule is Nc1cc(Br)cc2nc(C3Cc4ccccc4S3)oc12. The lowest BCUT2D eigenvalue weighted by atomic mass is 10.1. The zero-order valence-corrected chi connectivity index (χ0v) is 12.9. The molecule has 3 aromatic rings. The Hall–Kier alpha value is -1.46. The molecule has 100 valence electrons. The molecule has 0 fully saturated rings. The molecule has 0 amide bonds. The largest absolute Gasteiger partial charge is 0.437 e. The van der Waals surface area contributed by atoms with Crippen LogP contribution < -0.4 is 5.73 Å². The molecular formula is C15H11BrN2OS. The zero-order valence-electron chi connectivity index (χ0n) is 10.5. The highest BCUT2D eigenvalue weighted by molar-refractivity contribution is 9.10. The Morgan fingerprint density at radius 1 is 1.30 bits per heavy atom. The number of hydrogen-bond acceptors (Lipinski definition) is 4. The lowest BCUT2D eigenvalue weighted by Crippen LogP contribution is -1.91. The van der Waals surface area contributed by atoms with E-state index in [1.165, 1.54) is 10.5 Å². The summed E-state index contributed by atoms with van der Waals surface area (Å²) in [5.74, 6) is 0.756. The molecule has 2 N–H and O–H groups in total. The van der Waals surface area contributed by atoms with Crippen LogP contribution in [-0.2, 0) is 6.42 Å². The van der Waals surface area contributed by atoms with Gasteiger partial charge in [0.05, 0.1) is 10.9 Å². The number of halogens is 1. The molecule has 1 aliphatic rings. The average molecular weight is 347 g/mol. The van der Waals surface area contributed by atoms with Gasteiger partial charge in [-0.3, -0.25) is 0 Å². The highest BCUT2D eigenvalue weighted by Crippen LogP contribution is 2.46. The number of fused-ring (bicyclic) bond motifs is 2. The number of benzene rings is 2. The molecule has 4 rings (SSSR count). The summed E-state index contributed by atoms with van der Waals surface area (Å²) in [4.78, 5) is 5.92. The number of nitrogens with two attached hydrogens (primary N) is 1. The minimum Gasteiger partial charge on any atom is -0.437 e. The van der Waals surface area contributed by atoms with Crippen LogP contribution in [-0.4, -0.2) is 4.98 Å². The number of rotatable bonds is 1. The third kappa shape index (κ3) is 1.93. The van der Waals surface area contributed by atoms with E-state index >= 15 is 0 Å². The predicted octanol–water partition coefficient (Wildman–Crippen LogP) is 4.56. The molecule has 2 heterocycles. The topological polar surface area (TPSA) is 52.0 Å². The molecule has 3 nitrogen and oxygen atoms in total. The van der Waals surface area contributed by atoms with Crippen LogP contribution in [0.3, 0.4) is 0 Å². The number of anilines is 1. The summed E-state index contributed by atoms with van der Waals surface area (Å²) in [6.07, 6.45) is 0.953. The minimum atomic E-state index is 0.234. The van der Waals surface area contributed by atoms with Crippen LogP contribution in [0.1, 0.15) is 16.7 Å². The van der Waals surface area contributed by atoms with Crippen molar-refractivity contribution < 1.29 is 4.42 Å². The van der Waals surface area contributed by atoms with Gasteiger partial charge in [-0.05, 0) is 30.2 Å². The summed E-state index contributed by atoms with van der Waals surface area (Å²) in [7, 11) is 0. The van der Waals surface area contributed by atoms with Crippen LogP contribution in [0, 0.1) is 0 Å². The third-order valence-corrected chi connectivity index (χ3v) is 5.19. The van der Waals surface area contributed by atoms with Gasteiger partial charge in [0.25, 0.3) is 0 Å². The van der Waals surface area contributed by atoms with Crippen molar-refractivity contribution in [2.45, 2.75) is 16.6 Å². The van der Waals surface area contributed by atoms with Gasteiger partial charge in [-0.25, -0.2) is 4.98 Å². The molecule has 1 aromatic heterocycles. The quantitative estimate of drug-likeness (QED) is 0.656. The highest BCUT2D eigenvalue weighted by atomic mass is 79.9. The maximum absolute atomic E-state index is 5.98. The van der Waals surface area contributed by atoms with Crippen molar-refractivity contribution in [3.63, 3.8) is 0 Å². The smallest absolute Gasteiger partial charge is 0.209 e. The van der Waals surface area contributed by atoms with E-state index in [0.29, 0.717) is 11.3 Å². The Kier molecular flexibility index (Phi) is 2.79. The fraction of sp³-hybridized carbons (Fsp3) is 0.133. The van der Waals surface area contributed by atoms with Crippen LogP contribution in [0.25, 0.3) is 11.1 Å². The molecule has 2 aromatic carbocycles. The van der Waals surface area contributed by atoms with Gasteiger partial charge < -0.3 is 10.2 Å². The van der Waals surface area contributed by atoms with E-state index in [1.54, 1.807) is 11.8 Å². The second-order valence-corrected chi connectivity index (χ2v) is 6.97. The Labute approximate surface area is 128 Å². The Bertz CT molecular complexity index is 790. The summed E-state index contributed by atoms with van der Waals surface area (Å²) in [5, 5.41) is 0.234. The van der Waals surface area contributed by atoms with Crippen molar-refractivity contribution in [3.8, 4) is 0 Å². The second kappa shape index (κ2) is 4.53. The lowest BCUT2D eigenvalue weighted by molar-refractivity contribution is 0.526. The van der Waals surface area contributed by atoms with E-state index < -0.39 is 0 Å². The average Bonchev–Trinajstić information content (AvgIpc) is 3.01. The Morgan fingerprint density at radius 2 is 2.15 bits per heavy atom. The number of oxazole rings is 1. The van der Waals surface area contributed by atoms with Crippen molar-refractivity contribution in [1.29, 1.82) is 0 Å². The number of nitrogen functional groups attached to an aromatic ring is 1. The van der Waals surface area contributed by atoms with Gasteiger partial charge in [0.15, 0.2) is 5.58 Å². The lowest BCUT2D eigenvalue weighted by Gasteiger charge is -2.01. The fourth-order valence-electron chi connectivity index (χ4n) is 2.50. The van der Waals surface area contributed by atoms with Gasteiger partial charge in [-0.2, -0.15) is 0 Å². The van der Waals surface area contributed by atoms with Crippen molar-refractivity contribution in [3.05, 3.63) is 52.3 Å². The van der Waals surface area contributed by atoms with Crippen molar-refractivity contribution in [1.82, 2.24) is 4.98 Å². The van der Waals surface area contributed by atoms with Crippen LogP contribution in [0.15, 0.2) is 50.2 Å². The molecule has 20 heavy (non-hydrogen) atoms. The molecular weight excluding hydrogens is 336 g/mol. The maximum atomic E-state index is 5.98. The summed E-state index contributed by atoms with van der Waals surface area (Å²) >= 11 is 5.24. The van der Waals surface area contributed by atoms with E-state index in [9.17, 15) is 0 Å². The number of aromatic nitrogens is 1. The molecule has 1 unspecified atom stereocenters. The van der Waals surface area contributed by atoms with Gasteiger partial charge in [-0.15, -0.1) is 11.8 Å². The summed E-state index contributed by atoms with van der Waals surface area (Å²) in [5.41, 5.74) is 9.45. The summed E-state index contributed by atoms with van der Waals surface area (Å²) in [6.45, 7) is 0. The molecule has 0 radical (unpaired) electrons. The molecule has 0 saturated carbocycles. The number of nitrogens with zero attached hydrogens (tertiary/aromatic N) is 1. The molecule has 0 bridgehead atoms. The predicted molar refractivity (Wildman–Crippen MR) is 84.9 cm³/mol. The van der Waals surface area contributed by atoms with Crippen LogP contribution >= 0.6 is 27.7 Å². The van der Waals surface area contributed by atoms with Crippen LogP contribution in [0.2, 0.25) is 0 Å². The third-order valence-electron chi connectivity index (χ3n) is 3.42. The van der Waals surface area contributed by atoms with Crippen LogP contribution in [0.5, 0.6) is 0 Å². The van der Waals surface area contributed by atoms with Crippen molar-refractivity contribution in [2.75, 3.05) is 5.73 Å². The Morgan fingerprint density at radius 3 is 3.00 bits per heavy atom. The van der Waals surface area contributed by atoms with Gasteiger partial charge in [0.2, 0.25) is 5.89 Å². The Balaban J connectivity index is 1.76. The van der Waals surface area contributed by atoms with E-state index in [1.807, 2.05) is 12.1 Å². The van der Waals surface area contributed by atoms with Crippen molar-refractivity contribution in [2.24, 2.45) is 0 Å². The molecule has 0 saturated heterocycles. The van der Waals surface area contributed by atoms with Gasteiger partial charge in [0.1, 0.15) is 5.52 Å². The van der Waals surface area contributed by atoms with E-state index in [2.05, 4.69) is 45.2 Å². The molecule has 1 atom stereocenters. The molecule has 0 aliphatic carbocycles. The standard InChI is InChI=1S/C15H11BrN2OS/c16-9-6-10(17)14-11(7-9)18-15(19-14)13-5-8-3-1-2-4-12(8)20-13/h1-4,6-7,13H,5,17H2. The summed E-state index contributed by atoms with van der Waals surface area (Å²) in [6, 6.07) is 12.2. The maximum Gasteiger partial charge on any atom is 0.209 e. The molecule has 1 aliphatic heterocycles. The first-order chi connectivity index (χ1) is 9.70. The first-order valence-electron chi connectivity index (χ1n) is 6.31. The second-order valence-electron chi connectivity index (χ2n) is 4.81. The zero-order chi connectivity index (χ0) is 13.7. The highest BCUT2D eigenvalue weighted by Gasteiger charge is 2.27. The van der Waals surface area contributed by atoms with E-state index in [4.69, 9.17) is 10.2 Å². The molecule has 5 heteroatoms. The van der Waals surface area contributed by atoms with E-state index in [-0.39, 0.29) is 5.25 Å². The number of thioether (sulfide) groups is 1. The number of hydrogen-bond donors (Lipinski definition) is 1. The molecule has 0 spiro atoms. The van der Waals surface area contributed by atoms with Gasteiger partial charge in [0, 0.05) is 9.37 Å². The normalized spacial score (nSPS) is 17.6. The first kappa shape index (κ1) is 12.3. The first-order valence-corrected chi connectivity index (χ1v) is 7.98. The van der Waals surface area contributed by atoms with E-state index in [0.717, 1.165) is 22.3 Å². The summed E-state index contributed by atoms with van der Waals surface area (Å²) < 4.78 is 6.81. The fourth-order valence-corrected chi connectivity index (χ4v) is 4.19. The monoisotopic (exact) mass is 346 g/mol.